The average molecular weight is 553 g/mol. The van der Waals surface area contributed by atoms with Crippen molar-refractivity contribution in [3.05, 3.63) is 34.3 Å². The molecule has 2 unspecified atom stereocenters. The molecule has 0 saturated heterocycles. The van der Waals surface area contributed by atoms with Gasteiger partial charge < -0.3 is 28.4 Å². The molecule has 4 rings (SSSR count). The third-order valence-electron chi connectivity index (χ3n) is 6.12. The van der Waals surface area contributed by atoms with Gasteiger partial charge in [0.2, 0.25) is 19.3 Å². The Labute approximate surface area is 221 Å². The lowest BCUT2D eigenvalue weighted by Gasteiger charge is -2.30. The van der Waals surface area contributed by atoms with E-state index in [1.807, 2.05) is 34.6 Å². The maximum absolute atomic E-state index is 13.4. The first-order chi connectivity index (χ1) is 17.5. The van der Waals surface area contributed by atoms with E-state index in [0.29, 0.717) is 57.5 Å². The zero-order valence-electron chi connectivity index (χ0n) is 22.0. The second-order valence-corrected chi connectivity index (χ2v) is 13.5. The highest BCUT2D eigenvalue weighted by atomic mass is 32.2. The molecule has 0 saturated carbocycles. The molecule has 0 amide bonds. The quantitative estimate of drug-likeness (QED) is 0.554. The number of allylic oxidation sites excluding steroid dienone is 2. The molecule has 0 N–H and O–H groups in total. The number of rotatable bonds is 4. The van der Waals surface area contributed by atoms with E-state index in [1.165, 1.54) is 13.3 Å². The molecule has 37 heavy (non-hydrogen) atoms. The molecular weight excluding hydrogens is 520 g/mol. The van der Waals surface area contributed by atoms with Crippen molar-refractivity contribution in [1.29, 1.82) is 0 Å². The predicted molar refractivity (Wildman–Crippen MR) is 143 cm³/mol. The van der Waals surface area contributed by atoms with E-state index in [1.54, 1.807) is 19.4 Å². The third-order valence-corrected chi connectivity index (χ3v) is 8.90. The lowest BCUT2D eigenvalue weighted by molar-refractivity contribution is 0.0597. The number of fused-ring (bicyclic) bond motifs is 3. The smallest absolute Gasteiger partial charge is 0.231 e. The highest BCUT2D eigenvalue weighted by Crippen LogP contribution is 2.50. The Balaban J connectivity index is 2.08. The first-order valence-electron chi connectivity index (χ1n) is 11.6. The maximum atomic E-state index is 13.4. The molecule has 202 valence electrons. The lowest BCUT2D eigenvalue weighted by atomic mass is 9.92. The largest absolute Gasteiger partial charge is 0.493 e. The van der Waals surface area contributed by atoms with E-state index in [0.717, 1.165) is 0 Å². The van der Waals surface area contributed by atoms with Crippen LogP contribution in [0.4, 0.5) is 0 Å². The fourth-order valence-corrected chi connectivity index (χ4v) is 6.64. The molecule has 0 radical (unpaired) electrons. The molecule has 10 nitrogen and oxygen atoms in total. The van der Waals surface area contributed by atoms with Crippen LogP contribution in [0.3, 0.4) is 0 Å². The van der Waals surface area contributed by atoms with Gasteiger partial charge in [-0.3, -0.25) is 0 Å². The molecule has 12 heteroatoms. The van der Waals surface area contributed by atoms with Gasteiger partial charge in [0.05, 0.1) is 16.6 Å². The minimum atomic E-state index is -1.66. The lowest BCUT2D eigenvalue weighted by Crippen LogP contribution is -2.38. The predicted octanol–water partition coefficient (Wildman–Crippen LogP) is 3.84. The molecule has 3 heterocycles. The van der Waals surface area contributed by atoms with E-state index in [9.17, 15) is 8.42 Å². The summed E-state index contributed by atoms with van der Waals surface area (Å²) >= 11 is 0. The van der Waals surface area contributed by atoms with Gasteiger partial charge in [-0.25, -0.2) is 8.42 Å². The number of ether oxygens (including phenoxy) is 6. The normalized spacial score (nSPS) is 24.5. The SMILES string of the molecule is COCC1=C(C2=C(C)C=NS(=O)C(C)(C)CC(C)(C)S(=O)N=Cc3cc(OC)c4c(c32)OCO4)OCO1. The number of nitrogens with zero attached hydrogens (tertiary/aromatic N) is 2. The zero-order chi connectivity index (χ0) is 27.0. The summed E-state index contributed by atoms with van der Waals surface area (Å²) in [6, 6.07) is 1.75. The van der Waals surface area contributed by atoms with Gasteiger partial charge in [0.1, 0.15) is 28.6 Å². The third kappa shape index (κ3) is 5.32. The summed E-state index contributed by atoms with van der Waals surface area (Å²) in [5.41, 5.74) is 2.33. The van der Waals surface area contributed by atoms with Gasteiger partial charge in [-0.05, 0) is 52.7 Å². The number of hydrogen-bond acceptors (Lipinski definition) is 8. The van der Waals surface area contributed by atoms with Gasteiger partial charge in [-0.1, -0.05) is 0 Å². The summed E-state index contributed by atoms with van der Waals surface area (Å²) in [5, 5.41) is 0. The highest BCUT2D eigenvalue weighted by Gasteiger charge is 2.39. The van der Waals surface area contributed by atoms with Crippen LogP contribution in [0, 0.1) is 0 Å². The summed E-state index contributed by atoms with van der Waals surface area (Å²) in [6.07, 6.45) is 3.46. The minimum Gasteiger partial charge on any atom is -0.493 e. The summed E-state index contributed by atoms with van der Waals surface area (Å²) in [5.74, 6) is 2.16. The van der Waals surface area contributed by atoms with Gasteiger partial charge >= 0.3 is 0 Å². The molecule has 0 spiro atoms. The Hall–Kier alpha value is -2.70. The zero-order valence-corrected chi connectivity index (χ0v) is 23.7. The van der Waals surface area contributed by atoms with Gasteiger partial charge in [0.15, 0.2) is 23.0 Å². The fraction of sp³-hybridized carbons (Fsp3) is 0.520. The molecule has 1 aromatic carbocycles. The molecule has 2 atom stereocenters. The van der Waals surface area contributed by atoms with E-state index < -0.39 is 31.5 Å². The molecule has 0 bridgehead atoms. The van der Waals surface area contributed by atoms with E-state index in [2.05, 4.69) is 8.80 Å². The van der Waals surface area contributed by atoms with Crippen molar-refractivity contribution < 1.29 is 36.8 Å². The Bertz CT molecular complexity index is 1260. The van der Waals surface area contributed by atoms with E-state index in [4.69, 9.17) is 28.4 Å². The highest BCUT2D eigenvalue weighted by molar-refractivity contribution is 7.86. The van der Waals surface area contributed by atoms with Crippen LogP contribution in [-0.2, 0) is 36.2 Å². The fourth-order valence-electron chi connectivity index (χ4n) is 4.54. The van der Waals surface area contributed by atoms with E-state index in [-0.39, 0.29) is 20.2 Å². The molecular formula is C25H32N2O8S2. The van der Waals surface area contributed by atoms with Gasteiger partial charge in [-0.2, -0.15) is 8.80 Å². The van der Waals surface area contributed by atoms with Crippen LogP contribution in [0.15, 0.2) is 32.0 Å². The van der Waals surface area contributed by atoms with Crippen LogP contribution in [0.25, 0.3) is 5.57 Å². The van der Waals surface area contributed by atoms with Crippen LogP contribution >= 0.6 is 0 Å². The Morgan fingerprint density at radius 1 is 0.919 bits per heavy atom. The Kier molecular flexibility index (Phi) is 7.82. The summed E-state index contributed by atoms with van der Waals surface area (Å²) < 4.78 is 68.1. The molecule has 3 aliphatic rings. The maximum Gasteiger partial charge on any atom is 0.231 e. The second-order valence-electron chi connectivity index (χ2n) is 9.92. The minimum absolute atomic E-state index is 0.00174. The van der Waals surface area contributed by atoms with Crippen LogP contribution < -0.4 is 14.2 Å². The standard InChI is InChI=1S/C25H32N2O8S2/c1-15-9-26-36(28)24(2,3)12-25(4,5)37(29)27-10-16-8-17(31-7)22-23(35-14-34-22)20(16)19(15)21-18(11-30-6)32-13-33-21/h8-10H,11-14H2,1-7H3. The van der Waals surface area contributed by atoms with Crippen LogP contribution in [0.1, 0.15) is 52.2 Å². The molecule has 0 fully saturated rings. The van der Waals surface area contributed by atoms with Crippen molar-refractivity contribution in [2.24, 2.45) is 8.80 Å². The van der Waals surface area contributed by atoms with E-state index >= 15 is 0 Å². The number of benzene rings is 1. The van der Waals surface area contributed by atoms with Crippen molar-refractivity contribution in [1.82, 2.24) is 0 Å². The van der Waals surface area contributed by atoms with Crippen molar-refractivity contribution >= 4 is 40.0 Å². The number of hydrogen-bond donors (Lipinski definition) is 0. The van der Waals surface area contributed by atoms with Crippen molar-refractivity contribution in [3.63, 3.8) is 0 Å². The summed E-state index contributed by atoms with van der Waals surface area (Å²) in [6.45, 7) is 9.34. The molecule has 0 aliphatic carbocycles. The summed E-state index contributed by atoms with van der Waals surface area (Å²) in [4.78, 5) is 0. The Morgan fingerprint density at radius 3 is 2.19 bits per heavy atom. The molecule has 3 aliphatic heterocycles. The first-order valence-corrected chi connectivity index (χ1v) is 13.8. The molecule has 0 aromatic heterocycles. The van der Waals surface area contributed by atoms with Crippen molar-refractivity contribution in [2.75, 3.05) is 34.4 Å². The number of methoxy groups -OCH3 is 2. The van der Waals surface area contributed by atoms with Gasteiger partial charge in [0, 0.05) is 36.2 Å². The van der Waals surface area contributed by atoms with Gasteiger partial charge in [0.25, 0.3) is 0 Å². The van der Waals surface area contributed by atoms with Crippen LogP contribution in [0.5, 0.6) is 17.2 Å². The van der Waals surface area contributed by atoms with Gasteiger partial charge in [-0.15, -0.1) is 0 Å². The second kappa shape index (κ2) is 10.6. The Morgan fingerprint density at radius 2 is 1.54 bits per heavy atom. The molecule has 1 aromatic rings. The van der Waals surface area contributed by atoms with Crippen molar-refractivity contribution in [2.45, 2.75) is 50.5 Å². The topological polar surface area (TPSA) is 114 Å². The van der Waals surface area contributed by atoms with Crippen molar-refractivity contribution in [3.8, 4) is 17.2 Å². The monoisotopic (exact) mass is 552 g/mol. The first kappa shape index (κ1) is 27.3. The van der Waals surface area contributed by atoms with Crippen LogP contribution in [-0.4, -0.2) is 64.8 Å². The summed E-state index contributed by atoms with van der Waals surface area (Å²) in [7, 11) is -0.202. The average Bonchev–Trinajstić information content (AvgIpc) is 3.50. The van der Waals surface area contributed by atoms with Crippen LogP contribution in [0.2, 0.25) is 0 Å².